The maximum atomic E-state index is 6.30. The van der Waals surface area contributed by atoms with Crippen molar-refractivity contribution in [1.82, 2.24) is 0 Å². The van der Waals surface area contributed by atoms with Crippen LogP contribution in [0.2, 0.25) is 5.02 Å². The summed E-state index contributed by atoms with van der Waals surface area (Å²) in [5, 5.41) is 0.823. The van der Waals surface area contributed by atoms with Crippen LogP contribution < -0.4 is 10.6 Å². The Labute approximate surface area is 102 Å². The summed E-state index contributed by atoms with van der Waals surface area (Å²) in [6, 6.07) is 6.21. The average molecular weight is 239 g/mol. The van der Waals surface area contributed by atoms with E-state index in [4.69, 9.17) is 17.3 Å². The first kappa shape index (κ1) is 11.7. The lowest BCUT2D eigenvalue weighted by Crippen LogP contribution is -2.19. The molecular weight excluding hydrogens is 220 g/mol. The Kier molecular flexibility index (Phi) is 3.41. The highest BCUT2D eigenvalue weighted by Crippen LogP contribution is 2.32. The molecule has 1 aromatic rings. The van der Waals surface area contributed by atoms with E-state index in [0.29, 0.717) is 0 Å². The summed E-state index contributed by atoms with van der Waals surface area (Å²) in [6.45, 7) is 6.48. The molecule has 1 aliphatic heterocycles. The van der Waals surface area contributed by atoms with Gasteiger partial charge >= 0.3 is 0 Å². The molecule has 2 N–H and O–H groups in total. The van der Waals surface area contributed by atoms with Crippen molar-refractivity contribution >= 4 is 17.3 Å². The van der Waals surface area contributed by atoms with Gasteiger partial charge in [0.15, 0.2) is 0 Å². The number of benzene rings is 1. The van der Waals surface area contributed by atoms with Gasteiger partial charge in [-0.1, -0.05) is 24.6 Å². The minimum absolute atomic E-state index is 0.0454. The van der Waals surface area contributed by atoms with Crippen molar-refractivity contribution in [3.63, 3.8) is 0 Å². The molecule has 88 valence electrons. The first-order valence-electron chi connectivity index (χ1n) is 5.88. The summed E-state index contributed by atoms with van der Waals surface area (Å²) in [5.41, 5.74) is 8.08. The van der Waals surface area contributed by atoms with E-state index < -0.39 is 0 Å². The zero-order valence-corrected chi connectivity index (χ0v) is 10.7. The van der Waals surface area contributed by atoms with E-state index in [1.54, 1.807) is 0 Å². The van der Waals surface area contributed by atoms with E-state index >= 15 is 0 Å². The van der Waals surface area contributed by atoms with Crippen LogP contribution in [-0.2, 0) is 0 Å². The Morgan fingerprint density at radius 3 is 2.75 bits per heavy atom. The van der Waals surface area contributed by atoms with E-state index in [2.05, 4.69) is 24.0 Å². The lowest BCUT2D eigenvalue weighted by molar-refractivity contribution is 0.659. The molecular formula is C13H19ClN2. The van der Waals surface area contributed by atoms with Gasteiger partial charge in [0.25, 0.3) is 0 Å². The summed E-state index contributed by atoms with van der Waals surface area (Å²) in [7, 11) is 0. The molecule has 0 radical (unpaired) electrons. The third-order valence-corrected chi connectivity index (χ3v) is 3.56. The molecule has 0 amide bonds. The molecule has 1 aliphatic rings. The molecule has 3 heteroatoms. The van der Waals surface area contributed by atoms with Crippen molar-refractivity contribution < 1.29 is 0 Å². The molecule has 0 aliphatic carbocycles. The number of halogens is 1. The average Bonchev–Trinajstić information content (AvgIpc) is 2.64. The molecule has 0 spiro atoms. The third-order valence-electron chi connectivity index (χ3n) is 3.26. The van der Waals surface area contributed by atoms with Gasteiger partial charge in [-0.15, -0.1) is 0 Å². The van der Waals surface area contributed by atoms with Crippen LogP contribution in [-0.4, -0.2) is 13.1 Å². The van der Waals surface area contributed by atoms with Crippen LogP contribution in [0.15, 0.2) is 18.2 Å². The molecule has 1 saturated heterocycles. The summed E-state index contributed by atoms with van der Waals surface area (Å²) in [4.78, 5) is 2.36. The number of anilines is 1. The number of rotatable bonds is 2. The second kappa shape index (κ2) is 4.64. The normalized spacial score (nSPS) is 22.5. The zero-order chi connectivity index (χ0) is 11.7. The fourth-order valence-corrected chi connectivity index (χ4v) is 2.53. The predicted molar refractivity (Wildman–Crippen MR) is 70.0 cm³/mol. The molecule has 0 bridgehead atoms. The highest BCUT2D eigenvalue weighted by Gasteiger charge is 2.20. The fraction of sp³-hybridized carbons (Fsp3) is 0.538. The first-order chi connectivity index (χ1) is 7.58. The number of nitrogens with two attached hydrogens (primary N) is 1. The lowest BCUT2D eigenvalue weighted by Gasteiger charge is -2.20. The van der Waals surface area contributed by atoms with Crippen LogP contribution in [0, 0.1) is 5.92 Å². The van der Waals surface area contributed by atoms with E-state index in [1.165, 1.54) is 6.42 Å². The summed E-state index contributed by atoms with van der Waals surface area (Å²) < 4.78 is 0. The summed E-state index contributed by atoms with van der Waals surface area (Å²) in [6.07, 6.45) is 1.26. The van der Waals surface area contributed by atoms with E-state index in [-0.39, 0.29) is 6.04 Å². The summed E-state index contributed by atoms with van der Waals surface area (Å²) >= 11 is 6.30. The van der Waals surface area contributed by atoms with Crippen LogP contribution in [0.25, 0.3) is 0 Å². The minimum Gasteiger partial charge on any atom is -0.370 e. The van der Waals surface area contributed by atoms with Crippen LogP contribution in [0.3, 0.4) is 0 Å². The van der Waals surface area contributed by atoms with Crippen molar-refractivity contribution in [2.45, 2.75) is 26.3 Å². The van der Waals surface area contributed by atoms with Crippen LogP contribution >= 0.6 is 11.6 Å². The minimum atomic E-state index is 0.0454. The highest BCUT2D eigenvalue weighted by molar-refractivity contribution is 6.33. The largest absolute Gasteiger partial charge is 0.370 e. The molecule has 1 fully saturated rings. The standard InChI is InChI=1S/C13H19ClN2/c1-9-5-6-16(8-9)13-4-3-11(10(2)15)7-12(13)14/h3-4,7,9-10H,5-6,8,15H2,1-2H3/t9?,10-/m1/s1. The fourth-order valence-electron chi connectivity index (χ4n) is 2.22. The monoisotopic (exact) mass is 238 g/mol. The van der Waals surface area contributed by atoms with Crippen LogP contribution in [0.5, 0.6) is 0 Å². The lowest BCUT2D eigenvalue weighted by atomic mass is 10.1. The Bertz CT molecular complexity index is 376. The molecule has 0 aromatic heterocycles. The molecule has 16 heavy (non-hydrogen) atoms. The Balaban J connectivity index is 2.22. The molecule has 2 nitrogen and oxygen atoms in total. The SMILES string of the molecule is CC1CCN(c2ccc([C@@H](C)N)cc2Cl)C1. The first-order valence-corrected chi connectivity index (χ1v) is 6.25. The zero-order valence-electron chi connectivity index (χ0n) is 9.91. The van der Waals surface area contributed by atoms with Gasteiger partial charge < -0.3 is 10.6 Å². The van der Waals surface area contributed by atoms with Gasteiger partial charge in [0, 0.05) is 19.1 Å². The predicted octanol–water partition coefficient (Wildman–Crippen LogP) is 3.21. The second-order valence-corrected chi connectivity index (χ2v) is 5.25. The van der Waals surface area contributed by atoms with Crippen molar-refractivity contribution in [2.24, 2.45) is 11.7 Å². The Hall–Kier alpha value is -0.730. The Morgan fingerprint density at radius 1 is 1.50 bits per heavy atom. The second-order valence-electron chi connectivity index (χ2n) is 4.84. The number of hydrogen-bond acceptors (Lipinski definition) is 2. The highest BCUT2D eigenvalue weighted by atomic mass is 35.5. The van der Waals surface area contributed by atoms with Crippen molar-refractivity contribution in [2.75, 3.05) is 18.0 Å². The maximum Gasteiger partial charge on any atom is 0.0642 e. The molecule has 1 unspecified atom stereocenters. The molecule has 0 saturated carbocycles. The molecule has 1 heterocycles. The van der Waals surface area contributed by atoms with E-state index in [9.17, 15) is 0 Å². The van der Waals surface area contributed by atoms with Gasteiger partial charge in [-0.25, -0.2) is 0 Å². The molecule has 2 atom stereocenters. The quantitative estimate of drug-likeness (QED) is 0.858. The topological polar surface area (TPSA) is 29.3 Å². The van der Waals surface area contributed by atoms with Crippen molar-refractivity contribution in [3.05, 3.63) is 28.8 Å². The van der Waals surface area contributed by atoms with Crippen molar-refractivity contribution in [3.8, 4) is 0 Å². The van der Waals surface area contributed by atoms with Gasteiger partial charge in [0.1, 0.15) is 0 Å². The Morgan fingerprint density at radius 2 is 2.25 bits per heavy atom. The van der Waals surface area contributed by atoms with Gasteiger partial charge in [0.05, 0.1) is 10.7 Å². The van der Waals surface area contributed by atoms with Crippen LogP contribution in [0.1, 0.15) is 31.9 Å². The molecule has 2 rings (SSSR count). The van der Waals surface area contributed by atoms with Gasteiger partial charge in [-0.2, -0.15) is 0 Å². The smallest absolute Gasteiger partial charge is 0.0642 e. The third kappa shape index (κ3) is 2.33. The maximum absolute atomic E-state index is 6.30. The van der Waals surface area contributed by atoms with Crippen molar-refractivity contribution in [1.29, 1.82) is 0 Å². The number of hydrogen-bond donors (Lipinski definition) is 1. The number of nitrogens with zero attached hydrogens (tertiary/aromatic N) is 1. The van der Waals surface area contributed by atoms with Gasteiger partial charge in [-0.3, -0.25) is 0 Å². The van der Waals surface area contributed by atoms with E-state index in [0.717, 1.165) is 35.3 Å². The van der Waals surface area contributed by atoms with E-state index in [1.807, 2.05) is 13.0 Å². The van der Waals surface area contributed by atoms with Crippen LogP contribution in [0.4, 0.5) is 5.69 Å². The van der Waals surface area contributed by atoms with Gasteiger partial charge in [-0.05, 0) is 37.0 Å². The molecule has 1 aromatic carbocycles. The summed E-state index contributed by atoms with van der Waals surface area (Å²) in [5.74, 6) is 0.768. The van der Waals surface area contributed by atoms with Gasteiger partial charge in [0.2, 0.25) is 0 Å².